The molecule has 1 N–H and O–H groups in total. The number of benzene rings is 1. The summed E-state index contributed by atoms with van der Waals surface area (Å²) < 4.78 is 10.2. The lowest BCUT2D eigenvalue weighted by Gasteiger charge is -2.08. The molecule has 0 saturated carbocycles. The van der Waals surface area contributed by atoms with Crippen LogP contribution < -0.4 is 15.7 Å². The van der Waals surface area contributed by atoms with Crippen molar-refractivity contribution in [1.82, 2.24) is 5.32 Å². The number of nitrogens with one attached hydrogen (secondary N) is 1. The van der Waals surface area contributed by atoms with Crippen LogP contribution in [0.4, 0.5) is 0 Å². The van der Waals surface area contributed by atoms with Gasteiger partial charge in [0, 0.05) is 23.9 Å². The normalized spacial score (nSPS) is 10.7. The summed E-state index contributed by atoms with van der Waals surface area (Å²) in [6.07, 6.45) is 0.246. The summed E-state index contributed by atoms with van der Waals surface area (Å²) in [5, 5.41) is 3.22. The maximum atomic E-state index is 11.9. The van der Waals surface area contributed by atoms with Crippen LogP contribution in [0.25, 0.3) is 11.0 Å². The Labute approximate surface area is 127 Å². The Morgan fingerprint density at radius 2 is 2.00 bits per heavy atom. The standard InChI is InChI=1S/C16H17NO5/c1-4-14(18)21-11-6-5-10-7-12(15(19)17-9(2)3)16(20)22-13(10)8-11/h5-9H,4H2,1-3H3,(H,17,19). The van der Waals surface area contributed by atoms with Gasteiger partial charge in [-0.2, -0.15) is 0 Å². The Hall–Kier alpha value is -2.63. The Balaban J connectivity index is 2.40. The average molecular weight is 303 g/mol. The SMILES string of the molecule is CCC(=O)Oc1ccc2cc(C(=O)NC(C)C)c(=O)oc2c1. The summed E-state index contributed by atoms with van der Waals surface area (Å²) >= 11 is 0. The average Bonchev–Trinajstić information content (AvgIpc) is 2.45. The van der Waals surface area contributed by atoms with Gasteiger partial charge in [0.25, 0.3) is 5.91 Å². The highest BCUT2D eigenvalue weighted by molar-refractivity contribution is 5.96. The molecule has 1 aromatic heterocycles. The highest BCUT2D eigenvalue weighted by atomic mass is 16.5. The molecule has 0 saturated heterocycles. The summed E-state index contributed by atoms with van der Waals surface area (Å²) in [7, 11) is 0. The molecule has 0 radical (unpaired) electrons. The van der Waals surface area contributed by atoms with Crippen molar-refractivity contribution < 1.29 is 18.7 Å². The lowest BCUT2D eigenvalue weighted by Crippen LogP contribution is -2.33. The van der Waals surface area contributed by atoms with E-state index in [1.807, 2.05) is 0 Å². The molecule has 0 atom stereocenters. The van der Waals surface area contributed by atoms with E-state index in [0.29, 0.717) is 11.1 Å². The van der Waals surface area contributed by atoms with Gasteiger partial charge >= 0.3 is 11.6 Å². The van der Waals surface area contributed by atoms with Crippen LogP contribution in [0.2, 0.25) is 0 Å². The van der Waals surface area contributed by atoms with Crippen molar-refractivity contribution in [2.24, 2.45) is 0 Å². The van der Waals surface area contributed by atoms with Crippen molar-refractivity contribution in [3.8, 4) is 5.75 Å². The minimum atomic E-state index is -0.732. The quantitative estimate of drug-likeness (QED) is 0.532. The van der Waals surface area contributed by atoms with Gasteiger partial charge in [0.05, 0.1) is 0 Å². The van der Waals surface area contributed by atoms with Gasteiger partial charge in [-0.15, -0.1) is 0 Å². The molecule has 0 aliphatic rings. The zero-order chi connectivity index (χ0) is 16.3. The molecule has 2 rings (SSSR count). The van der Waals surface area contributed by atoms with Gasteiger partial charge in [-0.25, -0.2) is 4.79 Å². The number of carbonyl (C=O) groups excluding carboxylic acids is 2. The number of amides is 1. The molecule has 1 amide bonds. The number of esters is 1. The third-order valence-corrected chi connectivity index (χ3v) is 2.89. The molecule has 0 aliphatic heterocycles. The topological polar surface area (TPSA) is 85.6 Å². The largest absolute Gasteiger partial charge is 0.426 e. The Kier molecular flexibility index (Phi) is 4.60. The van der Waals surface area contributed by atoms with Crippen LogP contribution in [-0.2, 0) is 4.79 Å². The van der Waals surface area contributed by atoms with Crippen LogP contribution in [0.3, 0.4) is 0 Å². The fraction of sp³-hybridized carbons (Fsp3) is 0.312. The maximum absolute atomic E-state index is 11.9. The molecule has 1 aromatic carbocycles. The zero-order valence-corrected chi connectivity index (χ0v) is 12.6. The number of carbonyl (C=O) groups is 2. The Bertz CT molecular complexity index is 776. The molecule has 6 nitrogen and oxygen atoms in total. The van der Waals surface area contributed by atoms with E-state index >= 15 is 0 Å². The number of hydrogen-bond donors (Lipinski definition) is 1. The molecule has 0 unspecified atom stereocenters. The van der Waals surface area contributed by atoms with Crippen molar-refractivity contribution in [2.75, 3.05) is 0 Å². The molecule has 0 bridgehead atoms. The van der Waals surface area contributed by atoms with E-state index < -0.39 is 11.5 Å². The summed E-state index contributed by atoms with van der Waals surface area (Å²) in [6.45, 7) is 5.28. The fourth-order valence-electron chi connectivity index (χ4n) is 1.86. The van der Waals surface area contributed by atoms with Crippen LogP contribution in [0.15, 0.2) is 33.5 Å². The third kappa shape index (κ3) is 3.52. The first-order chi connectivity index (χ1) is 10.4. The second-order valence-electron chi connectivity index (χ2n) is 5.10. The van der Waals surface area contributed by atoms with Crippen molar-refractivity contribution in [1.29, 1.82) is 0 Å². The van der Waals surface area contributed by atoms with E-state index in [1.165, 1.54) is 12.1 Å². The van der Waals surface area contributed by atoms with Crippen molar-refractivity contribution in [3.63, 3.8) is 0 Å². The van der Waals surface area contributed by atoms with Crippen LogP contribution >= 0.6 is 0 Å². The molecule has 0 fully saturated rings. The van der Waals surface area contributed by atoms with E-state index in [0.717, 1.165) is 0 Å². The summed E-state index contributed by atoms with van der Waals surface area (Å²) in [4.78, 5) is 35.1. The maximum Gasteiger partial charge on any atom is 0.349 e. The van der Waals surface area contributed by atoms with Crippen molar-refractivity contribution in [3.05, 3.63) is 40.2 Å². The second kappa shape index (κ2) is 6.43. The number of ether oxygens (including phenoxy) is 1. The lowest BCUT2D eigenvalue weighted by molar-refractivity contribution is -0.134. The van der Waals surface area contributed by atoms with Gasteiger partial charge in [0.2, 0.25) is 0 Å². The fourth-order valence-corrected chi connectivity index (χ4v) is 1.86. The second-order valence-corrected chi connectivity index (χ2v) is 5.10. The molecule has 1 heterocycles. The first-order valence-electron chi connectivity index (χ1n) is 7.00. The molecule has 6 heteroatoms. The Morgan fingerprint density at radius 3 is 2.64 bits per heavy atom. The predicted octanol–water partition coefficient (Wildman–Crippen LogP) is 2.25. The first-order valence-corrected chi connectivity index (χ1v) is 7.00. The number of rotatable bonds is 4. The van der Waals surface area contributed by atoms with Gasteiger partial charge < -0.3 is 14.5 Å². The summed E-state index contributed by atoms with van der Waals surface area (Å²) in [5.74, 6) is -0.566. The van der Waals surface area contributed by atoms with E-state index in [2.05, 4.69) is 5.32 Å². The van der Waals surface area contributed by atoms with Gasteiger partial charge in [0.1, 0.15) is 16.9 Å². The molecule has 0 aliphatic carbocycles. The molecule has 0 spiro atoms. The molecular weight excluding hydrogens is 286 g/mol. The van der Waals surface area contributed by atoms with Crippen LogP contribution in [0, 0.1) is 0 Å². The van der Waals surface area contributed by atoms with Crippen molar-refractivity contribution in [2.45, 2.75) is 33.2 Å². The van der Waals surface area contributed by atoms with Crippen LogP contribution in [0.5, 0.6) is 5.75 Å². The Morgan fingerprint density at radius 1 is 1.27 bits per heavy atom. The van der Waals surface area contributed by atoms with Gasteiger partial charge in [-0.05, 0) is 32.0 Å². The van der Waals surface area contributed by atoms with Crippen molar-refractivity contribution >= 4 is 22.8 Å². The molecular formula is C16H17NO5. The van der Waals surface area contributed by atoms with E-state index in [-0.39, 0.29) is 29.6 Å². The smallest absolute Gasteiger partial charge is 0.349 e. The lowest BCUT2D eigenvalue weighted by atomic mass is 10.1. The minimum absolute atomic E-state index is 0.0560. The van der Waals surface area contributed by atoms with Gasteiger partial charge in [-0.3, -0.25) is 9.59 Å². The van der Waals surface area contributed by atoms with Gasteiger partial charge in [-0.1, -0.05) is 6.92 Å². The molecule has 22 heavy (non-hydrogen) atoms. The van der Waals surface area contributed by atoms with E-state index in [9.17, 15) is 14.4 Å². The first kappa shape index (κ1) is 15.8. The minimum Gasteiger partial charge on any atom is -0.426 e. The van der Waals surface area contributed by atoms with Crippen LogP contribution in [-0.4, -0.2) is 17.9 Å². The number of hydrogen-bond acceptors (Lipinski definition) is 5. The van der Waals surface area contributed by atoms with Gasteiger partial charge in [0.15, 0.2) is 0 Å². The molecule has 116 valence electrons. The number of fused-ring (bicyclic) bond motifs is 1. The van der Waals surface area contributed by atoms with E-state index in [4.69, 9.17) is 9.15 Å². The monoisotopic (exact) mass is 303 g/mol. The van der Waals surface area contributed by atoms with E-state index in [1.54, 1.807) is 32.9 Å². The zero-order valence-electron chi connectivity index (χ0n) is 12.6. The van der Waals surface area contributed by atoms with Crippen LogP contribution in [0.1, 0.15) is 37.6 Å². The highest BCUT2D eigenvalue weighted by Crippen LogP contribution is 2.21. The highest BCUT2D eigenvalue weighted by Gasteiger charge is 2.15. The summed E-state index contributed by atoms with van der Waals surface area (Å²) in [6, 6.07) is 6.04. The third-order valence-electron chi connectivity index (χ3n) is 2.89. The predicted molar refractivity (Wildman–Crippen MR) is 81.0 cm³/mol. The summed E-state index contributed by atoms with van der Waals surface area (Å²) in [5.41, 5.74) is -0.531. The molecule has 2 aromatic rings.